The summed E-state index contributed by atoms with van der Waals surface area (Å²) < 4.78 is 11.7. The Morgan fingerprint density at radius 1 is 1.35 bits per heavy atom. The predicted molar refractivity (Wildman–Crippen MR) is 124 cm³/mol. The maximum Gasteiger partial charge on any atom is 0.312 e. The second kappa shape index (κ2) is 9.50. The van der Waals surface area contributed by atoms with Gasteiger partial charge in [-0.1, -0.05) is 36.4 Å². The number of amides is 2. The second-order valence-corrected chi connectivity index (χ2v) is 9.54. The predicted octanol–water partition coefficient (Wildman–Crippen LogP) is 2.08. The highest BCUT2D eigenvalue weighted by molar-refractivity contribution is 5.98. The van der Waals surface area contributed by atoms with E-state index in [1.165, 1.54) is 4.90 Å². The van der Waals surface area contributed by atoms with Crippen LogP contribution in [0.5, 0.6) is 0 Å². The van der Waals surface area contributed by atoms with Crippen LogP contribution in [0.15, 0.2) is 43.0 Å². The van der Waals surface area contributed by atoms with Crippen molar-refractivity contribution in [2.75, 3.05) is 19.8 Å². The first-order valence-corrected chi connectivity index (χ1v) is 12.1. The van der Waals surface area contributed by atoms with Gasteiger partial charge in [0.1, 0.15) is 11.6 Å². The Labute approximate surface area is 200 Å². The largest absolute Gasteiger partial charge is 0.466 e. The van der Waals surface area contributed by atoms with Crippen LogP contribution in [0.4, 0.5) is 0 Å². The van der Waals surface area contributed by atoms with E-state index in [0.717, 1.165) is 5.56 Å². The first-order chi connectivity index (χ1) is 16.3. The van der Waals surface area contributed by atoms with Crippen LogP contribution in [0.25, 0.3) is 0 Å². The molecule has 4 rings (SSSR count). The fourth-order valence-corrected chi connectivity index (χ4v) is 6.09. The number of fused-ring (bicyclic) bond motifs is 1. The lowest BCUT2D eigenvalue weighted by atomic mass is 9.70. The average molecular weight is 471 g/mol. The van der Waals surface area contributed by atoms with Crippen LogP contribution < -0.4 is 0 Å². The SMILES string of the molecule is C=CCN(C(=O)C1N([C@H](CO)c2ccccc2)C(=O)[C@@H]2[C@H](C(=O)OCC)[C@@H]3CCC12O3)C(C)C. The number of hydrogen-bond acceptors (Lipinski definition) is 6. The standard InChI is InChI=1S/C26H34N2O6/c1-5-14-27(16(3)4)24(31)22-26-13-12-19(34-26)20(25(32)33-6-2)21(26)23(30)28(22)18(15-29)17-10-8-7-9-11-17/h5,7-11,16,18-22,29H,1,6,12-15H2,2-4H3/t18-,19+,20-,21+,22?,26?/m1/s1. The number of carbonyl (C=O) groups excluding carboxylic acids is 3. The van der Waals surface area contributed by atoms with Crippen LogP contribution in [-0.2, 0) is 23.9 Å². The summed E-state index contributed by atoms with van der Waals surface area (Å²) in [6, 6.07) is 7.32. The van der Waals surface area contributed by atoms with Crippen molar-refractivity contribution in [2.24, 2.45) is 11.8 Å². The lowest BCUT2D eigenvalue weighted by molar-refractivity contribution is -0.156. The topological polar surface area (TPSA) is 96.4 Å². The number of aliphatic hydroxyl groups excluding tert-OH is 1. The zero-order valence-corrected chi connectivity index (χ0v) is 20.1. The fourth-order valence-electron chi connectivity index (χ4n) is 6.09. The number of nitrogens with zero attached hydrogens (tertiary/aromatic N) is 2. The summed E-state index contributed by atoms with van der Waals surface area (Å²) in [4.78, 5) is 44.3. The molecule has 8 nitrogen and oxygen atoms in total. The van der Waals surface area contributed by atoms with E-state index in [4.69, 9.17) is 9.47 Å². The number of rotatable bonds is 9. The van der Waals surface area contributed by atoms with Crippen molar-refractivity contribution in [3.05, 3.63) is 48.6 Å². The van der Waals surface area contributed by atoms with E-state index in [1.807, 2.05) is 44.2 Å². The summed E-state index contributed by atoms with van der Waals surface area (Å²) in [5, 5.41) is 10.4. The van der Waals surface area contributed by atoms with Gasteiger partial charge >= 0.3 is 5.97 Å². The van der Waals surface area contributed by atoms with Crippen LogP contribution in [0.1, 0.15) is 45.2 Å². The molecule has 184 valence electrons. The van der Waals surface area contributed by atoms with Crippen molar-refractivity contribution in [1.82, 2.24) is 9.80 Å². The number of likely N-dealkylation sites (tertiary alicyclic amines) is 1. The summed E-state index contributed by atoms with van der Waals surface area (Å²) in [6.45, 7) is 9.48. The third kappa shape index (κ3) is 3.64. The van der Waals surface area contributed by atoms with Crippen molar-refractivity contribution in [3.63, 3.8) is 0 Å². The van der Waals surface area contributed by atoms with Crippen LogP contribution in [0.2, 0.25) is 0 Å². The van der Waals surface area contributed by atoms with Gasteiger partial charge in [0.25, 0.3) is 0 Å². The first-order valence-electron chi connectivity index (χ1n) is 12.1. The summed E-state index contributed by atoms with van der Waals surface area (Å²) in [5.41, 5.74) is -0.415. The van der Waals surface area contributed by atoms with Gasteiger partial charge in [0, 0.05) is 12.6 Å². The molecule has 0 saturated carbocycles. The number of ether oxygens (including phenoxy) is 2. The Bertz CT molecular complexity index is 950. The zero-order valence-electron chi connectivity index (χ0n) is 20.1. The molecule has 2 bridgehead atoms. The normalized spacial score (nSPS) is 30.4. The van der Waals surface area contributed by atoms with Crippen LogP contribution in [-0.4, -0.2) is 76.2 Å². The van der Waals surface area contributed by atoms with Gasteiger partial charge < -0.3 is 24.4 Å². The molecule has 1 spiro atoms. The van der Waals surface area contributed by atoms with Gasteiger partial charge in [0.2, 0.25) is 11.8 Å². The molecule has 3 heterocycles. The number of hydrogen-bond donors (Lipinski definition) is 1. The molecule has 3 aliphatic heterocycles. The molecule has 8 heteroatoms. The lowest BCUT2D eigenvalue weighted by Crippen LogP contribution is -2.58. The molecule has 3 fully saturated rings. The molecule has 2 unspecified atom stereocenters. The first kappa shape index (κ1) is 24.4. The van der Waals surface area contributed by atoms with Gasteiger partial charge in [0.05, 0.1) is 37.2 Å². The summed E-state index contributed by atoms with van der Waals surface area (Å²) >= 11 is 0. The van der Waals surface area contributed by atoms with Gasteiger partial charge in [-0.05, 0) is 39.2 Å². The van der Waals surface area contributed by atoms with Crippen LogP contribution in [0, 0.1) is 11.8 Å². The van der Waals surface area contributed by atoms with Crippen molar-refractivity contribution >= 4 is 17.8 Å². The van der Waals surface area contributed by atoms with Crippen molar-refractivity contribution in [2.45, 2.75) is 63.4 Å². The van der Waals surface area contributed by atoms with Gasteiger partial charge in [-0.15, -0.1) is 6.58 Å². The average Bonchev–Trinajstić information content (AvgIpc) is 3.46. The van der Waals surface area contributed by atoms with Crippen LogP contribution in [0.3, 0.4) is 0 Å². The summed E-state index contributed by atoms with van der Waals surface area (Å²) in [5.74, 6) is -2.65. The van der Waals surface area contributed by atoms with E-state index in [2.05, 4.69) is 6.58 Å². The Balaban J connectivity index is 1.84. The minimum atomic E-state index is -1.13. The highest BCUT2D eigenvalue weighted by Crippen LogP contribution is 2.60. The maximum atomic E-state index is 14.1. The van der Waals surface area contributed by atoms with E-state index in [1.54, 1.807) is 17.9 Å². The van der Waals surface area contributed by atoms with E-state index >= 15 is 0 Å². The third-order valence-electron chi connectivity index (χ3n) is 7.46. The van der Waals surface area contributed by atoms with Gasteiger partial charge in [-0.25, -0.2) is 0 Å². The molecule has 3 aliphatic rings. The molecule has 2 amide bonds. The molecular formula is C26H34N2O6. The Kier molecular flexibility index (Phi) is 6.82. The molecule has 1 aromatic rings. The molecule has 1 aromatic carbocycles. The number of benzene rings is 1. The molecule has 0 aliphatic carbocycles. The highest BCUT2D eigenvalue weighted by Gasteiger charge is 2.75. The zero-order chi connectivity index (χ0) is 24.6. The summed E-state index contributed by atoms with van der Waals surface area (Å²) in [7, 11) is 0. The summed E-state index contributed by atoms with van der Waals surface area (Å²) in [6.07, 6.45) is 2.26. The molecule has 1 N–H and O–H groups in total. The van der Waals surface area contributed by atoms with Crippen molar-refractivity contribution < 1.29 is 29.0 Å². The second-order valence-electron chi connectivity index (χ2n) is 9.54. The molecule has 3 saturated heterocycles. The molecule has 6 atom stereocenters. The maximum absolute atomic E-state index is 14.1. The molecule has 0 radical (unpaired) electrons. The smallest absolute Gasteiger partial charge is 0.312 e. The van der Waals surface area contributed by atoms with E-state index < -0.39 is 41.6 Å². The van der Waals surface area contributed by atoms with E-state index in [0.29, 0.717) is 19.4 Å². The van der Waals surface area contributed by atoms with Crippen LogP contribution >= 0.6 is 0 Å². The van der Waals surface area contributed by atoms with Gasteiger partial charge in [-0.3, -0.25) is 14.4 Å². The minimum absolute atomic E-state index is 0.137. The van der Waals surface area contributed by atoms with Gasteiger partial charge in [-0.2, -0.15) is 0 Å². The number of aliphatic hydroxyl groups is 1. The third-order valence-corrected chi connectivity index (χ3v) is 7.46. The molecule has 0 aromatic heterocycles. The van der Waals surface area contributed by atoms with Gasteiger partial charge in [0.15, 0.2) is 0 Å². The Morgan fingerprint density at radius 2 is 2.06 bits per heavy atom. The lowest BCUT2D eigenvalue weighted by Gasteiger charge is -2.40. The Hall–Kier alpha value is -2.71. The quantitative estimate of drug-likeness (QED) is 0.439. The van der Waals surface area contributed by atoms with Crippen molar-refractivity contribution in [1.29, 1.82) is 0 Å². The van der Waals surface area contributed by atoms with Crippen molar-refractivity contribution in [3.8, 4) is 0 Å². The number of carbonyl (C=O) groups is 3. The molecular weight excluding hydrogens is 436 g/mol. The number of esters is 1. The fraction of sp³-hybridized carbons (Fsp3) is 0.577. The monoisotopic (exact) mass is 470 g/mol. The minimum Gasteiger partial charge on any atom is -0.466 e. The highest BCUT2D eigenvalue weighted by atomic mass is 16.6. The Morgan fingerprint density at radius 3 is 2.65 bits per heavy atom. The van der Waals surface area contributed by atoms with E-state index in [9.17, 15) is 19.5 Å². The van der Waals surface area contributed by atoms with E-state index in [-0.39, 0.29) is 31.1 Å². The molecule has 34 heavy (non-hydrogen) atoms.